The fourth-order valence-electron chi connectivity index (χ4n) is 3.93. The second kappa shape index (κ2) is 7.09. The van der Waals surface area contributed by atoms with Crippen molar-refractivity contribution in [3.63, 3.8) is 0 Å². The zero-order valence-electron chi connectivity index (χ0n) is 15.3. The first-order valence-corrected chi connectivity index (χ1v) is 9.54. The highest BCUT2D eigenvalue weighted by atomic mass is 16.2. The minimum absolute atomic E-state index is 0.0235. The van der Waals surface area contributed by atoms with Gasteiger partial charge in [0.2, 0.25) is 17.8 Å². The normalized spacial score (nSPS) is 23.5. The third-order valence-corrected chi connectivity index (χ3v) is 5.43. The predicted octanol–water partition coefficient (Wildman–Crippen LogP) is 0.312. The van der Waals surface area contributed by atoms with Crippen molar-refractivity contribution in [3.05, 3.63) is 11.8 Å². The van der Waals surface area contributed by atoms with Crippen molar-refractivity contribution < 1.29 is 9.59 Å². The summed E-state index contributed by atoms with van der Waals surface area (Å²) in [4.78, 5) is 39.6. The van der Waals surface area contributed by atoms with Crippen LogP contribution in [0.5, 0.6) is 0 Å². The minimum atomic E-state index is -0.342. The molecule has 140 valence electrons. The van der Waals surface area contributed by atoms with Crippen molar-refractivity contribution in [1.82, 2.24) is 20.2 Å². The molecule has 0 radical (unpaired) electrons. The van der Waals surface area contributed by atoms with E-state index in [1.165, 1.54) is 12.8 Å². The molecule has 1 aromatic rings. The molecule has 4 heterocycles. The zero-order valence-corrected chi connectivity index (χ0v) is 15.3. The predicted molar refractivity (Wildman–Crippen MR) is 98.2 cm³/mol. The van der Waals surface area contributed by atoms with Crippen molar-refractivity contribution in [1.29, 1.82) is 0 Å². The Morgan fingerprint density at radius 3 is 2.46 bits per heavy atom. The van der Waals surface area contributed by atoms with Gasteiger partial charge in [0.25, 0.3) is 0 Å². The standard InChI is InChI=1S/C18H26N6O2/c1-13-12-15(22-6-2-3-7-22)21-18(19-13)24-10-8-23(9-11-24)17(26)14-4-5-16(25)20-14/h12,14H,2-11H2,1H3,(H,20,25). The van der Waals surface area contributed by atoms with Gasteiger partial charge in [-0.3, -0.25) is 9.59 Å². The molecule has 1 unspecified atom stereocenters. The topological polar surface area (TPSA) is 81.7 Å². The number of amides is 2. The number of rotatable bonds is 3. The van der Waals surface area contributed by atoms with Crippen molar-refractivity contribution in [2.75, 3.05) is 49.1 Å². The van der Waals surface area contributed by atoms with Crippen molar-refractivity contribution in [3.8, 4) is 0 Å². The van der Waals surface area contributed by atoms with Gasteiger partial charge in [-0.25, -0.2) is 4.98 Å². The van der Waals surface area contributed by atoms with Crippen LogP contribution in [0.25, 0.3) is 0 Å². The Hall–Kier alpha value is -2.38. The van der Waals surface area contributed by atoms with E-state index in [0.29, 0.717) is 25.9 Å². The Kier molecular flexibility index (Phi) is 4.65. The molecule has 1 N–H and O–H groups in total. The van der Waals surface area contributed by atoms with Crippen LogP contribution in [0.2, 0.25) is 0 Å². The number of piperazine rings is 1. The SMILES string of the molecule is Cc1cc(N2CCCC2)nc(N2CCN(C(=O)C3CCC(=O)N3)CC2)n1. The van der Waals surface area contributed by atoms with E-state index in [4.69, 9.17) is 4.98 Å². The third kappa shape index (κ3) is 3.45. The number of carbonyl (C=O) groups is 2. The maximum Gasteiger partial charge on any atom is 0.245 e. The van der Waals surface area contributed by atoms with Gasteiger partial charge in [0.05, 0.1) is 0 Å². The van der Waals surface area contributed by atoms with Crippen molar-refractivity contribution >= 4 is 23.6 Å². The van der Waals surface area contributed by atoms with Gasteiger partial charge in [-0.1, -0.05) is 0 Å². The largest absolute Gasteiger partial charge is 0.356 e. The fourth-order valence-corrected chi connectivity index (χ4v) is 3.93. The number of aromatic nitrogens is 2. The molecule has 8 nitrogen and oxygen atoms in total. The van der Waals surface area contributed by atoms with Crippen LogP contribution in [-0.4, -0.2) is 72.0 Å². The number of nitrogens with one attached hydrogen (secondary N) is 1. The van der Waals surface area contributed by atoms with E-state index in [2.05, 4.69) is 26.2 Å². The summed E-state index contributed by atoms with van der Waals surface area (Å²) in [6.07, 6.45) is 3.50. The van der Waals surface area contributed by atoms with E-state index < -0.39 is 0 Å². The van der Waals surface area contributed by atoms with Gasteiger partial charge in [-0.2, -0.15) is 4.98 Å². The molecule has 0 aliphatic carbocycles. The van der Waals surface area contributed by atoms with Gasteiger partial charge in [0.1, 0.15) is 11.9 Å². The maximum absolute atomic E-state index is 12.5. The van der Waals surface area contributed by atoms with Gasteiger partial charge < -0.3 is 20.0 Å². The smallest absolute Gasteiger partial charge is 0.245 e. The molecule has 1 atom stereocenters. The lowest BCUT2D eigenvalue weighted by atomic mass is 10.2. The summed E-state index contributed by atoms with van der Waals surface area (Å²) in [6, 6.07) is 1.71. The molecule has 4 rings (SSSR count). The molecule has 0 saturated carbocycles. The zero-order chi connectivity index (χ0) is 18.1. The lowest BCUT2D eigenvalue weighted by Gasteiger charge is -2.36. The Balaban J connectivity index is 1.40. The van der Waals surface area contributed by atoms with Crippen LogP contribution in [0.15, 0.2) is 6.07 Å². The number of carbonyl (C=O) groups excluding carboxylic acids is 2. The van der Waals surface area contributed by atoms with Crippen LogP contribution in [0, 0.1) is 6.92 Å². The maximum atomic E-state index is 12.5. The van der Waals surface area contributed by atoms with E-state index in [1.54, 1.807) is 0 Å². The highest BCUT2D eigenvalue weighted by Gasteiger charge is 2.32. The van der Waals surface area contributed by atoms with Gasteiger partial charge in [-0.05, 0) is 26.2 Å². The lowest BCUT2D eigenvalue weighted by Crippen LogP contribution is -2.53. The molecular weight excluding hydrogens is 332 g/mol. The average Bonchev–Trinajstić information content (AvgIpc) is 3.32. The molecular formula is C18H26N6O2. The first kappa shape index (κ1) is 17.1. The summed E-state index contributed by atoms with van der Waals surface area (Å²) in [5.41, 5.74) is 0.976. The van der Waals surface area contributed by atoms with Crippen molar-refractivity contribution in [2.24, 2.45) is 0 Å². The molecule has 8 heteroatoms. The number of aryl methyl sites for hydroxylation is 1. The van der Waals surface area contributed by atoms with E-state index >= 15 is 0 Å². The molecule has 3 saturated heterocycles. The minimum Gasteiger partial charge on any atom is -0.356 e. The molecule has 3 fully saturated rings. The van der Waals surface area contributed by atoms with Gasteiger partial charge >= 0.3 is 0 Å². The van der Waals surface area contributed by atoms with Crippen molar-refractivity contribution in [2.45, 2.75) is 38.6 Å². The van der Waals surface area contributed by atoms with E-state index in [0.717, 1.165) is 43.6 Å². The van der Waals surface area contributed by atoms with Crippen LogP contribution < -0.4 is 15.1 Å². The molecule has 0 spiro atoms. The summed E-state index contributed by atoms with van der Waals surface area (Å²) in [6.45, 7) is 6.84. The van der Waals surface area contributed by atoms with Crippen LogP contribution in [0.1, 0.15) is 31.4 Å². The molecule has 1 aromatic heterocycles. The fraction of sp³-hybridized carbons (Fsp3) is 0.667. The number of anilines is 2. The molecule has 0 bridgehead atoms. The lowest BCUT2D eigenvalue weighted by molar-refractivity contribution is -0.134. The quantitative estimate of drug-likeness (QED) is 0.838. The summed E-state index contributed by atoms with van der Waals surface area (Å²) in [5, 5.41) is 2.77. The first-order chi connectivity index (χ1) is 12.6. The Labute approximate surface area is 153 Å². The van der Waals surface area contributed by atoms with Crippen LogP contribution in [0.4, 0.5) is 11.8 Å². The Bertz CT molecular complexity index is 695. The molecule has 3 aliphatic heterocycles. The molecule has 0 aromatic carbocycles. The summed E-state index contributed by atoms with van der Waals surface area (Å²) < 4.78 is 0. The van der Waals surface area contributed by atoms with Crippen LogP contribution in [-0.2, 0) is 9.59 Å². The third-order valence-electron chi connectivity index (χ3n) is 5.43. The number of hydrogen-bond donors (Lipinski definition) is 1. The number of hydrogen-bond acceptors (Lipinski definition) is 6. The van der Waals surface area contributed by atoms with Crippen LogP contribution in [0.3, 0.4) is 0 Å². The summed E-state index contributed by atoms with van der Waals surface area (Å²) >= 11 is 0. The highest BCUT2D eigenvalue weighted by molar-refractivity contribution is 5.90. The second-order valence-corrected chi connectivity index (χ2v) is 7.33. The Morgan fingerprint density at radius 2 is 1.81 bits per heavy atom. The van der Waals surface area contributed by atoms with E-state index in [1.807, 2.05) is 11.8 Å². The highest BCUT2D eigenvalue weighted by Crippen LogP contribution is 2.22. The summed E-state index contributed by atoms with van der Waals surface area (Å²) in [7, 11) is 0. The van der Waals surface area contributed by atoms with Crippen LogP contribution >= 0.6 is 0 Å². The first-order valence-electron chi connectivity index (χ1n) is 9.54. The summed E-state index contributed by atoms with van der Waals surface area (Å²) in [5.74, 6) is 1.79. The molecule has 3 aliphatic rings. The molecule has 2 amide bonds. The average molecular weight is 358 g/mol. The Morgan fingerprint density at radius 1 is 1.08 bits per heavy atom. The van der Waals surface area contributed by atoms with E-state index in [9.17, 15) is 9.59 Å². The van der Waals surface area contributed by atoms with Gasteiger partial charge in [-0.15, -0.1) is 0 Å². The van der Waals surface area contributed by atoms with Gasteiger partial charge in [0, 0.05) is 57.4 Å². The number of nitrogens with zero attached hydrogens (tertiary/aromatic N) is 5. The molecule has 26 heavy (non-hydrogen) atoms. The van der Waals surface area contributed by atoms with E-state index in [-0.39, 0.29) is 17.9 Å². The second-order valence-electron chi connectivity index (χ2n) is 7.33. The monoisotopic (exact) mass is 358 g/mol. The van der Waals surface area contributed by atoms with Gasteiger partial charge in [0.15, 0.2) is 0 Å².